The second kappa shape index (κ2) is 4.50. The molecule has 1 nitrogen and oxygen atoms in total. The minimum Gasteiger partial charge on any atom is -0.316 e. The van der Waals surface area contributed by atoms with Gasteiger partial charge in [-0.15, -0.1) is 0 Å². The lowest BCUT2D eigenvalue weighted by Gasteiger charge is -2.16. The van der Waals surface area contributed by atoms with Crippen LogP contribution in [0.4, 0.5) is 8.78 Å². The Balaban J connectivity index is 2.10. The highest BCUT2D eigenvalue weighted by Crippen LogP contribution is 2.47. The molecule has 1 saturated carbocycles. The van der Waals surface area contributed by atoms with E-state index in [9.17, 15) is 8.78 Å². The van der Waals surface area contributed by atoms with E-state index in [0.717, 1.165) is 44.0 Å². The van der Waals surface area contributed by atoms with Gasteiger partial charge < -0.3 is 5.32 Å². The third-order valence-electron chi connectivity index (χ3n) is 3.22. The lowest BCUT2D eigenvalue weighted by molar-refractivity contribution is 0.546. The molecule has 0 amide bonds. The van der Waals surface area contributed by atoms with Crippen molar-refractivity contribution in [2.75, 3.05) is 13.1 Å². The van der Waals surface area contributed by atoms with E-state index in [-0.39, 0.29) is 5.41 Å². The highest BCUT2D eigenvalue weighted by atomic mass is 19.1. The van der Waals surface area contributed by atoms with Crippen LogP contribution in [0.3, 0.4) is 0 Å². The van der Waals surface area contributed by atoms with E-state index in [0.29, 0.717) is 0 Å². The van der Waals surface area contributed by atoms with Gasteiger partial charge in [-0.05, 0) is 43.5 Å². The molecule has 3 heteroatoms. The summed E-state index contributed by atoms with van der Waals surface area (Å²) < 4.78 is 26.2. The molecule has 1 aromatic carbocycles. The Kier molecular flexibility index (Phi) is 3.24. The van der Waals surface area contributed by atoms with Gasteiger partial charge in [-0.2, -0.15) is 0 Å². The summed E-state index contributed by atoms with van der Waals surface area (Å²) in [5, 5.41) is 3.33. The van der Waals surface area contributed by atoms with Crippen LogP contribution < -0.4 is 5.32 Å². The highest BCUT2D eigenvalue weighted by molar-refractivity contribution is 5.32. The summed E-state index contributed by atoms with van der Waals surface area (Å²) in [6.07, 6.45) is 3.12. The summed E-state index contributed by atoms with van der Waals surface area (Å²) in [7, 11) is 0. The SMILES string of the molecule is CCCNCC1(c2cc(F)cc(F)c2)CC1. The van der Waals surface area contributed by atoms with Gasteiger partial charge in [0.25, 0.3) is 0 Å². The van der Waals surface area contributed by atoms with Gasteiger partial charge in [0, 0.05) is 18.0 Å². The molecular weight excluding hydrogens is 208 g/mol. The number of hydrogen-bond donors (Lipinski definition) is 1. The summed E-state index contributed by atoms with van der Waals surface area (Å²) in [6, 6.07) is 3.85. The van der Waals surface area contributed by atoms with Crippen LogP contribution in [0.15, 0.2) is 18.2 Å². The maximum Gasteiger partial charge on any atom is 0.126 e. The molecule has 88 valence electrons. The zero-order chi connectivity index (χ0) is 11.6. The predicted molar refractivity (Wildman–Crippen MR) is 60.4 cm³/mol. The van der Waals surface area contributed by atoms with E-state index >= 15 is 0 Å². The zero-order valence-electron chi connectivity index (χ0n) is 9.52. The topological polar surface area (TPSA) is 12.0 Å². The van der Waals surface area contributed by atoms with E-state index in [4.69, 9.17) is 0 Å². The highest BCUT2D eigenvalue weighted by Gasteiger charge is 2.44. The molecule has 0 atom stereocenters. The van der Waals surface area contributed by atoms with Crippen LogP contribution in [0.25, 0.3) is 0 Å². The monoisotopic (exact) mass is 225 g/mol. The molecule has 0 bridgehead atoms. The summed E-state index contributed by atoms with van der Waals surface area (Å²) in [6.45, 7) is 3.89. The number of benzene rings is 1. The summed E-state index contributed by atoms with van der Waals surface area (Å²) in [5.41, 5.74) is 0.784. The van der Waals surface area contributed by atoms with Crippen molar-refractivity contribution in [3.63, 3.8) is 0 Å². The second-order valence-electron chi connectivity index (χ2n) is 4.62. The van der Waals surface area contributed by atoms with Crippen LogP contribution in [0.2, 0.25) is 0 Å². The largest absolute Gasteiger partial charge is 0.316 e. The molecule has 0 heterocycles. The second-order valence-corrected chi connectivity index (χ2v) is 4.62. The summed E-state index contributed by atoms with van der Waals surface area (Å²) >= 11 is 0. The van der Waals surface area contributed by atoms with Gasteiger partial charge in [-0.1, -0.05) is 6.92 Å². The molecule has 1 aromatic rings. The van der Waals surface area contributed by atoms with Gasteiger partial charge >= 0.3 is 0 Å². The first kappa shape index (κ1) is 11.5. The van der Waals surface area contributed by atoms with Crippen molar-refractivity contribution < 1.29 is 8.78 Å². The van der Waals surface area contributed by atoms with Crippen LogP contribution in [0.5, 0.6) is 0 Å². The molecule has 2 rings (SSSR count). The molecule has 1 N–H and O–H groups in total. The van der Waals surface area contributed by atoms with Crippen LogP contribution >= 0.6 is 0 Å². The average molecular weight is 225 g/mol. The third-order valence-corrected chi connectivity index (χ3v) is 3.22. The van der Waals surface area contributed by atoms with Gasteiger partial charge in [0.1, 0.15) is 11.6 Å². The van der Waals surface area contributed by atoms with Crippen LogP contribution in [-0.2, 0) is 5.41 Å². The number of halogens is 2. The Bertz CT molecular complexity index is 352. The van der Waals surface area contributed by atoms with Crippen molar-refractivity contribution in [2.24, 2.45) is 0 Å². The van der Waals surface area contributed by atoms with E-state index in [1.807, 2.05) is 0 Å². The first-order valence-electron chi connectivity index (χ1n) is 5.83. The Labute approximate surface area is 94.9 Å². The molecule has 1 fully saturated rings. The smallest absolute Gasteiger partial charge is 0.126 e. The van der Waals surface area contributed by atoms with Crippen molar-refractivity contribution in [2.45, 2.75) is 31.6 Å². The molecule has 1 aliphatic rings. The lowest BCUT2D eigenvalue weighted by atomic mass is 9.95. The fraction of sp³-hybridized carbons (Fsp3) is 0.538. The van der Waals surface area contributed by atoms with Crippen LogP contribution in [-0.4, -0.2) is 13.1 Å². The van der Waals surface area contributed by atoms with Gasteiger partial charge in [0.15, 0.2) is 0 Å². The van der Waals surface area contributed by atoms with E-state index in [1.165, 1.54) is 12.1 Å². The zero-order valence-corrected chi connectivity index (χ0v) is 9.52. The molecule has 0 aromatic heterocycles. The fourth-order valence-corrected chi connectivity index (χ4v) is 2.08. The van der Waals surface area contributed by atoms with E-state index < -0.39 is 11.6 Å². The summed E-state index contributed by atoms with van der Waals surface area (Å²) in [4.78, 5) is 0. The number of rotatable bonds is 5. The normalized spacial score (nSPS) is 17.4. The maximum atomic E-state index is 13.1. The first-order valence-corrected chi connectivity index (χ1v) is 5.83. The van der Waals surface area contributed by atoms with Crippen LogP contribution in [0, 0.1) is 11.6 Å². The molecule has 1 aliphatic carbocycles. The van der Waals surface area contributed by atoms with Gasteiger partial charge in [-0.3, -0.25) is 0 Å². The summed E-state index contributed by atoms with van der Waals surface area (Å²) in [5.74, 6) is -0.950. The third kappa shape index (κ3) is 2.40. The Morgan fingerprint density at radius 1 is 1.19 bits per heavy atom. The van der Waals surface area contributed by atoms with E-state index in [1.54, 1.807) is 0 Å². The number of hydrogen-bond acceptors (Lipinski definition) is 1. The fourth-order valence-electron chi connectivity index (χ4n) is 2.08. The standard InChI is InChI=1S/C13H17F2N/c1-2-5-16-9-13(3-4-13)10-6-11(14)8-12(15)7-10/h6-8,16H,2-5,9H2,1H3. The predicted octanol–water partition coefficient (Wildman–Crippen LogP) is 3.00. The first-order chi connectivity index (χ1) is 7.66. The molecule has 0 aliphatic heterocycles. The number of nitrogens with one attached hydrogen (secondary N) is 1. The molecule has 0 unspecified atom stereocenters. The molecule has 16 heavy (non-hydrogen) atoms. The van der Waals surface area contributed by atoms with Gasteiger partial charge in [0.05, 0.1) is 0 Å². The Morgan fingerprint density at radius 2 is 1.81 bits per heavy atom. The molecule has 0 saturated heterocycles. The molecule has 0 spiro atoms. The van der Waals surface area contributed by atoms with Crippen molar-refractivity contribution in [1.29, 1.82) is 0 Å². The molecular formula is C13H17F2N. The maximum absolute atomic E-state index is 13.1. The van der Waals surface area contributed by atoms with Crippen molar-refractivity contribution in [1.82, 2.24) is 5.32 Å². The Morgan fingerprint density at radius 3 is 2.31 bits per heavy atom. The van der Waals surface area contributed by atoms with Crippen LogP contribution in [0.1, 0.15) is 31.7 Å². The van der Waals surface area contributed by atoms with Gasteiger partial charge in [-0.25, -0.2) is 8.78 Å². The minimum atomic E-state index is -0.475. The average Bonchev–Trinajstić information content (AvgIpc) is 2.98. The lowest BCUT2D eigenvalue weighted by Crippen LogP contribution is -2.27. The van der Waals surface area contributed by atoms with E-state index in [2.05, 4.69) is 12.2 Å². The van der Waals surface area contributed by atoms with Crippen molar-refractivity contribution in [3.05, 3.63) is 35.4 Å². The molecule has 0 radical (unpaired) electrons. The minimum absolute atomic E-state index is 0.0158. The Hall–Kier alpha value is -0.960. The quantitative estimate of drug-likeness (QED) is 0.760. The van der Waals surface area contributed by atoms with Crippen molar-refractivity contribution in [3.8, 4) is 0 Å². The van der Waals surface area contributed by atoms with Crippen molar-refractivity contribution >= 4 is 0 Å². The van der Waals surface area contributed by atoms with Gasteiger partial charge in [0.2, 0.25) is 0 Å².